The minimum absolute atomic E-state index is 0.164. The first-order valence-corrected chi connectivity index (χ1v) is 5.84. The smallest absolute Gasteiger partial charge is 0.170 e. The van der Waals surface area contributed by atoms with Gasteiger partial charge in [0.2, 0.25) is 0 Å². The van der Waals surface area contributed by atoms with Crippen molar-refractivity contribution in [2.24, 2.45) is 10.9 Å². The number of aryl methyl sites for hydroxylation is 1. The molecule has 3 nitrogen and oxygen atoms in total. The van der Waals surface area contributed by atoms with Crippen molar-refractivity contribution in [2.75, 3.05) is 0 Å². The van der Waals surface area contributed by atoms with Crippen molar-refractivity contribution >= 4 is 5.84 Å². The molecule has 1 aromatic rings. The van der Waals surface area contributed by atoms with Crippen LogP contribution >= 0.6 is 0 Å². The van der Waals surface area contributed by atoms with Crippen LogP contribution in [0, 0.1) is 0 Å². The van der Waals surface area contributed by atoms with Crippen LogP contribution in [-0.2, 0) is 6.42 Å². The van der Waals surface area contributed by atoms with E-state index in [-0.39, 0.29) is 5.84 Å². The Morgan fingerprint density at radius 2 is 1.88 bits per heavy atom. The van der Waals surface area contributed by atoms with E-state index in [1.165, 1.54) is 31.2 Å². The molecule has 0 saturated carbocycles. The highest BCUT2D eigenvalue weighted by Crippen LogP contribution is 2.09. The second-order valence-electron chi connectivity index (χ2n) is 3.99. The highest BCUT2D eigenvalue weighted by atomic mass is 16.4. The summed E-state index contributed by atoms with van der Waals surface area (Å²) in [5.41, 5.74) is 7.56. The van der Waals surface area contributed by atoms with Gasteiger partial charge in [-0.25, -0.2) is 0 Å². The molecule has 0 atom stereocenters. The van der Waals surface area contributed by atoms with Crippen molar-refractivity contribution in [3.63, 3.8) is 0 Å². The van der Waals surface area contributed by atoms with Crippen molar-refractivity contribution in [3.05, 3.63) is 35.4 Å². The highest BCUT2D eigenvalue weighted by molar-refractivity contribution is 5.96. The Morgan fingerprint density at radius 1 is 1.19 bits per heavy atom. The van der Waals surface area contributed by atoms with Crippen molar-refractivity contribution in [2.45, 2.75) is 39.0 Å². The van der Waals surface area contributed by atoms with E-state index < -0.39 is 0 Å². The molecule has 0 heterocycles. The van der Waals surface area contributed by atoms with Gasteiger partial charge in [-0.15, -0.1) is 0 Å². The molecule has 0 aromatic heterocycles. The molecule has 88 valence electrons. The molecule has 0 bridgehead atoms. The Bertz CT molecular complexity index is 330. The van der Waals surface area contributed by atoms with Crippen LogP contribution in [0.25, 0.3) is 0 Å². The third kappa shape index (κ3) is 3.93. The van der Waals surface area contributed by atoms with Crippen LogP contribution in [0.3, 0.4) is 0 Å². The predicted molar refractivity (Wildman–Crippen MR) is 66.8 cm³/mol. The second kappa shape index (κ2) is 6.88. The molecular weight excluding hydrogens is 200 g/mol. The zero-order chi connectivity index (χ0) is 11.8. The Labute approximate surface area is 97.0 Å². The maximum absolute atomic E-state index is 8.52. The first-order chi connectivity index (χ1) is 7.77. The summed E-state index contributed by atoms with van der Waals surface area (Å²) in [5, 5.41) is 11.5. The number of nitrogens with two attached hydrogens (primary N) is 1. The van der Waals surface area contributed by atoms with E-state index in [9.17, 15) is 0 Å². The largest absolute Gasteiger partial charge is 0.409 e. The average molecular weight is 220 g/mol. The van der Waals surface area contributed by atoms with Crippen LogP contribution < -0.4 is 5.73 Å². The molecule has 16 heavy (non-hydrogen) atoms. The van der Waals surface area contributed by atoms with Gasteiger partial charge in [0.1, 0.15) is 0 Å². The fourth-order valence-electron chi connectivity index (χ4n) is 1.66. The summed E-state index contributed by atoms with van der Waals surface area (Å²) in [7, 11) is 0. The molecule has 0 fully saturated rings. The second-order valence-corrected chi connectivity index (χ2v) is 3.99. The van der Waals surface area contributed by atoms with Crippen molar-refractivity contribution in [3.8, 4) is 0 Å². The summed E-state index contributed by atoms with van der Waals surface area (Å²) in [6.45, 7) is 2.21. The molecule has 0 spiro atoms. The van der Waals surface area contributed by atoms with Crippen LogP contribution in [-0.4, -0.2) is 11.0 Å². The third-order valence-corrected chi connectivity index (χ3v) is 2.68. The van der Waals surface area contributed by atoms with Crippen LogP contribution in [0.1, 0.15) is 43.7 Å². The van der Waals surface area contributed by atoms with Crippen molar-refractivity contribution < 1.29 is 5.21 Å². The number of hydrogen-bond donors (Lipinski definition) is 2. The van der Waals surface area contributed by atoms with Crippen LogP contribution in [0.2, 0.25) is 0 Å². The van der Waals surface area contributed by atoms with Gasteiger partial charge in [-0.2, -0.15) is 0 Å². The van der Waals surface area contributed by atoms with E-state index in [4.69, 9.17) is 10.9 Å². The SMILES string of the molecule is CCCCCCc1ccc(C(N)=NO)cc1. The molecule has 0 radical (unpaired) electrons. The van der Waals surface area contributed by atoms with Gasteiger partial charge in [-0.3, -0.25) is 0 Å². The number of amidine groups is 1. The van der Waals surface area contributed by atoms with E-state index in [0.717, 1.165) is 12.0 Å². The lowest BCUT2D eigenvalue weighted by atomic mass is 10.0. The zero-order valence-corrected chi connectivity index (χ0v) is 9.82. The molecule has 3 N–H and O–H groups in total. The number of benzene rings is 1. The molecular formula is C13H20N2O. The lowest BCUT2D eigenvalue weighted by Gasteiger charge is -2.03. The molecule has 0 aliphatic rings. The molecule has 0 unspecified atom stereocenters. The Kier molecular flexibility index (Phi) is 5.40. The summed E-state index contributed by atoms with van der Waals surface area (Å²) < 4.78 is 0. The van der Waals surface area contributed by atoms with E-state index in [1.807, 2.05) is 24.3 Å². The summed E-state index contributed by atoms with van der Waals surface area (Å²) in [4.78, 5) is 0. The first kappa shape index (κ1) is 12.6. The maximum atomic E-state index is 8.52. The zero-order valence-electron chi connectivity index (χ0n) is 9.82. The summed E-state index contributed by atoms with van der Waals surface area (Å²) in [6.07, 6.45) is 6.20. The fraction of sp³-hybridized carbons (Fsp3) is 0.462. The molecule has 3 heteroatoms. The Morgan fingerprint density at radius 3 is 2.44 bits per heavy atom. The summed E-state index contributed by atoms with van der Waals surface area (Å²) in [6, 6.07) is 7.87. The average Bonchev–Trinajstić information content (AvgIpc) is 2.34. The fourth-order valence-corrected chi connectivity index (χ4v) is 1.66. The number of hydrogen-bond acceptors (Lipinski definition) is 2. The maximum Gasteiger partial charge on any atom is 0.170 e. The number of nitrogens with zero attached hydrogens (tertiary/aromatic N) is 1. The molecule has 1 aromatic carbocycles. The summed E-state index contributed by atoms with van der Waals surface area (Å²) in [5.74, 6) is 0.164. The van der Waals surface area contributed by atoms with Gasteiger partial charge < -0.3 is 10.9 Å². The first-order valence-electron chi connectivity index (χ1n) is 5.84. The van der Waals surface area contributed by atoms with Gasteiger partial charge in [0.15, 0.2) is 5.84 Å². The van der Waals surface area contributed by atoms with Gasteiger partial charge in [0.25, 0.3) is 0 Å². The van der Waals surface area contributed by atoms with Gasteiger partial charge in [0.05, 0.1) is 0 Å². The summed E-state index contributed by atoms with van der Waals surface area (Å²) >= 11 is 0. The highest BCUT2D eigenvalue weighted by Gasteiger charge is 1.99. The Balaban J connectivity index is 2.45. The lowest BCUT2D eigenvalue weighted by molar-refractivity contribution is 0.318. The van der Waals surface area contributed by atoms with Crippen LogP contribution in [0.4, 0.5) is 0 Å². The number of oxime groups is 1. The predicted octanol–water partition coefficient (Wildman–Crippen LogP) is 2.90. The monoisotopic (exact) mass is 220 g/mol. The lowest BCUT2D eigenvalue weighted by Crippen LogP contribution is -2.12. The van der Waals surface area contributed by atoms with Gasteiger partial charge in [0, 0.05) is 5.56 Å². The van der Waals surface area contributed by atoms with E-state index >= 15 is 0 Å². The molecule has 1 rings (SSSR count). The third-order valence-electron chi connectivity index (χ3n) is 2.68. The standard InChI is InChI=1S/C13H20N2O/c1-2-3-4-5-6-11-7-9-12(10-8-11)13(14)15-16/h7-10,16H,2-6H2,1H3,(H2,14,15). The van der Waals surface area contributed by atoms with Gasteiger partial charge in [-0.05, 0) is 18.4 Å². The molecule has 0 aliphatic carbocycles. The minimum Gasteiger partial charge on any atom is -0.409 e. The number of rotatable bonds is 6. The van der Waals surface area contributed by atoms with Crippen molar-refractivity contribution in [1.29, 1.82) is 0 Å². The van der Waals surface area contributed by atoms with E-state index in [1.54, 1.807) is 0 Å². The molecule has 0 saturated heterocycles. The molecule has 0 aliphatic heterocycles. The van der Waals surface area contributed by atoms with E-state index in [2.05, 4.69) is 12.1 Å². The van der Waals surface area contributed by atoms with Crippen molar-refractivity contribution in [1.82, 2.24) is 0 Å². The van der Waals surface area contributed by atoms with E-state index in [0.29, 0.717) is 0 Å². The van der Waals surface area contributed by atoms with Crippen LogP contribution in [0.15, 0.2) is 29.4 Å². The van der Waals surface area contributed by atoms with Gasteiger partial charge >= 0.3 is 0 Å². The topological polar surface area (TPSA) is 58.6 Å². The quantitative estimate of drug-likeness (QED) is 0.254. The van der Waals surface area contributed by atoms with Crippen LogP contribution in [0.5, 0.6) is 0 Å². The van der Waals surface area contributed by atoms with Gasteiger partial charge in [-0.1, -0.05) is 55.6 Å². The number of unbranched alkanes of at least 4 members (excludes halogenated alkanes) is 3. The Hall–Kier alpha value is -1.51. The minimum atomic E-state index is 0.164. The molecule has 0 amide bonds. The normalized spacial score (nSPS) is 11.7.